The Morgan fingerprint density at radius 2 is 2.11 bits per heavy atom. The van der Waals surface area contributed by atoms with E-state index >= 15 is 0 Å². The molecule has 0 bridgehead atoms. The zero-order chi connectivity index (χ0) is 18.8. The summed E-state index contributed by atoms with van der Waals surface area (Å²) < 4.78 is 17.9. The number of methoxy groups -OCH3 is 1. The van der Waals surface area contributed by atoms with E-state index in [4.69, 9.17) is 0 Å². The van der Waals surface area contributed by atoms with Crippen molar-refractivity contribution < 1.29 is 13.9 Å². The number of esters is 1. The van der Waals surface area contributed by atoms with Crippen molar-refractivity contribution in [3.8, 4) is 0 Å². The average Bonchev–Trinajstić information content (AvgIpc) is 3.03. The molecule has 0 amide bonds. The topological polar surface area (TPSA) is 78.5 Å². The van der Waals surface area contributed by atoms with E-state index in [9.17, 15) is 9.18 Å². The van der Waals surface area contributed by atoms with Gasteiger partial charge in [0.05, 0.1) is 7.11 Å². The molecule has 0 saturated carbocycles. The molecule has 150 valence electrons. The molecule has 6 nitrogen and oxygen atoms in total. The van der Waals surface area contributed by atoms with Crippen LogP contribution in [0.25, 0.3) is 10.9 Å². The van der Waals surface area contributed by atoms with Crippen LogP contribution in [0.4, 0.5) is 4.39 Å². The summed E-state index contributed by atoms with van der Waals surface area (Å²) in [6.45, 7) is 4.17. The summed E-state index contributed by atoms with van der Waals surface area (Å²) in [5, 5.41) is 7.55. The molecule has 8 heteroatoms. The second-order valence-electron chi connectivity index (χ2n) is 5.97. The average molecular weight is 490 g/mol. The molecule has 0 spiro atoms. The van der Waals surface area contributed by atoms with Gasteiger partial charge in [-0.05, 0) is 49.9 Å². The first-order valence-corrected chi connectivity index (χ1v) is 8.98. The van der Waals surface area contributed by atoms with Crippen molar-refractivity contribution >= 4 is 46.8 Å². The molecule has 0 fully saturated rings. The molecule has 0 unspecified atom stereocenters. The predicted molar refractivity (Wildman–Crippen MR) is 117 cm³/mol. The second-order valence-corrected chi connectivity index (χ2v) is 5.97. The number of aromatic nitrogens is 1. The molecule has 2 rings (SSSR count). The van der Waals surface area contributed by atoms with Crippen LogP contribution in [0.2, 0.25) is 0 Å². The Kier molecular flexibility index (Phi) is 10.8. The van der Waals surface area contributed by atoms with Gasteiger partial charge in [-0.15, -0.1) is 24.0 Å². The maximum atomic E-state index is 13.2. The van der Waals surface area contributed by atoms with Gasteiger partial charge in [-0.2, -0.15) is 0 Å². The number of fused-ring (bicyclic) bond motifs is 1. The highest BCUT2D eigenvalue weighted by Gasteiger charge is 2.05. The number of aromatic amines is 1. The third kappa shape index (κ3) is 7.74. The highest BCUT2D eigenvalue weighted by atomic mass is 127. The van der Waals surface area contributed by atoms with E-state index in [-0.39, 0.29) is 35.8 Å². The maximum Gasteiger partial charge on any atom is 0.305 e. The van der Waals surface area contributed by atoms with Crippen LogP contribution in [0.15, 0.2) is 29.4 Å². The molecule has 1 heterocycles. The summed E-state index contributed by atoms with van der Waals surface area (Å²) in [6, 6.07) is 4.79. The SMILES string of the molecule is CCNC(=NCCCCC(=O)OC)NCCc1c[nH]c2cc(F)ccc12.I. The number of guanidine groups is 1. The Hall–Kier alpha value is -1.84. The van der Waals surface area contributed by atoms with Crippen molar-refractivity contribution in [1.29, 1.82) is 0 Å². The van der Waals surface area contributed by atoms with Crippen LogP contribution in [0.3, 0.4) is 0 Å². The van der Waals surface area contributed by atoms with Gasteiger partial charge in [0.1, 0.15) is 5.82 Å². The molecule has 0 saturated heterocycles. The predicted octanol–water partition coefficient (Wildman–Crippen LogP) is 3.37. The summed E-state index contributed by atoms with van der Waals surface area (Å²) in [5.74, 6) is 0.340. The molecular formula is C19H28FIN4O2. The highest BCUT2D eigenvalue weighted by Crippen LogP contribution is 2.19. The summed E-state index contributed by atoms with van der Waals surface area (Å²) in [4.78, 5) is 18.7. The number of aliphatic imine (C=N–C) groups is 1. The summed E-state index contributed by atoms with van der Waals surface area (Å²) in [7, 11) is 1.40. The minimum atomic E-state index is -0.238. The van der Waals surface area contributed by atoms with Gasteiger partial charge in [0.25, 0.3) is 0 Å². The number of rotatable bonds is 9. The van der Waals surface area contributed by atoms with Gasteiger partial charge in [-0.1, -0.05) is 0 Å². The van der Waals surface area contributed by atoms with E-state index < -0.39 is 0 Å². The lowest BCUT2D eigenvalue weighted by atomic mass is 10.1. The van der Waals surface area contributed by atoms with Gasteiger partial charge in [0.2, 0.25) is 0 Å². The number of carbonyl (C=O) groups excluding carboxylic acids is 1. The molecule has 2 aromatic rings. The van der Waals surface area contributed by atoms with Gasteiger partial charge in [0, 0.05) is 43.2 Å². The smallest absolute Gasteiger partial charge is 0.305 e. The zero-order valence-corrected chi connectivity index (χ0v) is 18.1. The second kappa shape index (κ2) is 12.5. The van der Waals surface area contributed by atoms with Crippen molar-refractivity contribution in [3.05, 3.63) is 35.8 Å². The van der Waals surface area contributed by atoms with Crippen LogP contribution >= 0.6 is 24.0 Å². The van der Waals surface area contributed by atoms with Crippen molar-refractivity contribution in [2.45, 2.75) is 32.6 Å². The largest absolute Gasteiger partial charge is 0.469 e. The third-order valence-corrected chi connectivity index (χ3v) is 4.05. The van der Waals surface area contributed by atoms with E-state index in [1.54, 1.807) is 6.07 Å². The molecule has 0 atom stereocenters. The van der Waals surface area contributed by atoms with Crippen LogP contribution in [0.1, 0.15) is 31.7 Å². The number of halogens is 2. The Bertz CT molecular complexity index is 748. The van der Waals surface area contributed by atoms with Crippen molar-refractivity contribution in [1.82, 2.24) is 15.6 Å². The molecular weight excluding hydrogens is 462 g/mol. The molecule has 0 radical (unpaired) electrons. The van der Waals surface area contributed by atoms with E-state index in [0.717, 1.165) is 54.8 Å². The van der Waals surface area contributed by atoms with Gasteiger partial charge in [0.15, 0.2) is 5.96 Å². The first-order valence-electron chi connectivity index (χ1n) is 8.98. The van der Waals surface area contributed by atoms with Crippen LogP contribution in [-0.4, -0.2) is 43.7 Å². The van der Waals surface area contributed by atoms with Crippen molar-refractivity contribution in [3.63, 3.8) is 0 Å². The number of carbonyl (C=O) groups is 1. The fraction of sp³-hybridized carbons (Fsp3) is 0.474. The normalized spacial score (nSPS) is 11.1. The number of ether oxygens (including phenoxy) is 1. The fourth-order valence-electron chi connectivity index (χ4n) is 2.70. The molecule has 3 N–H and O–H groups in total. The van der Waals surface area contributed by atoms with Crippen molar-refractivity contribution in [2.24, 2.45) is 4.99 Å². The van der Waals surface area contributed by atoms with Crippen molar-refractivity contribution in [2.75, 3.05) is 26.7 Å². The zero-order valence-electron chi connectivity index (χ0n) is 15.8. The standard InChI is InChI=1S/C19H27FN4O2.HI/c1-3-21-19(22-10-5-4-6-18(25)26-2)23-11-9-14-13-24-17-12-15(20)7-8-16(14)17;/h7-8,12-13,24H,3-6,9-11H2,1-2H3,(H2,21,22,23);1H. The Morgan fingerprint density at radius 3 is 2.85 bits per heavy atom. The molecule has 0 aliphatic rings. The van der Waals surface area contributed by atoms with E-state index in [1.807, 2.05) is 13.1 Å². The number of hydrogen-bond donors (Lipinski definition) is 3. The molecule has 27 heavy (non-hydrogen) atoms. The number of benzene rings is 1. The number of nitrogens with zero attached hydrogens (tertiary/aromatic N) is 1. The highest BCUT2D eigenvalue weighted by molar-refractivity contribution is 14.0. The number of unbranched alkanes of at least 4 members (excludes halogenated alkanes) is 1. The van der Waals surface area contributed by atoms with E-state index in [2.05, 4.69) is 25.3 Å². The lowest BCUT2D eigenvalue weighted by Crippen LogP contribution is -2.38. The van der Waals surface area contributed by atoms with Gasteiger partial charge >= 0.3 is 5.97 Å². The molecule has 0 aliphatic heterocycles. The van der Waals surface area contributed by atoms with Gasteiger partial charge in [-0.3, -0.25) is 9.79 Å². The van der Waals surface area contributed by atoms with Crippen LogP contribution < -0.4 is 10.6 Å². The Morgan fingerprint density at radius 1 is 1.30 bits per heavy atom. The number of nitrogens with one attached hydrogen (secondary N) is 3. The lowest BCUT2D eigenvalue weighted by molar-refractivity contribution is -0.140. The monoisotopic (exact) mass is 490 g/mol. The van der Waals surface area contributed by atoms with Gasteiger partial charge in [-0.25, -0.2) is 4.39 Å². The molecule has 1 aromatic heterocycles. The molecule has 0 aliphatic carbocycles. The molecule has 1 aromatic carbocycles. The summed E-state index contributed by atoms with van der Waals surface area (Å²) >= 11 is 0. The summed E-state index contributed by atoms with van der Waals surface area (Å²) in [6.07, 6.45) is 4.75. The minimum absolute atomic E-state index is 0. The Labute approximate surface area is 176 Å². The minimum Gasteiger partial charge on any atom is -0.469 e. The first kappa shape index (κ1) is 23.2. The number of hydrogen-bond acceptors (Lipinski definition) is 3. The maximum absolute atomic E-state index is 13.2. The van der Waals surface area contributed by atoms with Crippen LogP contribution in [-0.2, 0) is 16.0 Å². The quantitative estimate of drug-likeness (QED) is 0.166. The van der Waals surface area contributed by atoms with E-state index in [1.165, 1.54) is 19.2 Å². The first-order chi connectivity index (χ1) is 12.6. The van der Waals surface area contributed by atoms with E-state index in [0.29, 0.717) is 13.0 Å². The van der Waals surface area contributed by atoms with Crippen LogP contribution in [0, 0.1) is 5.82 Å². The van der Waals surface area contributed by atoms with Gasteiger partial charge < -0.3 is 20.4 Å². The Balaban J connectivity index is 0.00000364. The number of H-pyrrole nitrogens is 1. The fourth-order valence-corrected chi connectivity index (χ4v) is 2.70. The third-order valence-electron chi connectivity index (χ3n) is 4.05. The lowest BCUT2D eigenvalue weighted by Gasteiger charge is -2.11. The van der Waals surface area contributed by atoms with Crippen LogP contribution in [0.5, 0.6) is 0 Å². The summed E-state index contributed by atoms with van der Waals surface area (Å²) in [5.41, 5.74) is 1.95.